The Morgan fingerprint density at radius 1 is 1.50 bits per heavy atom. The van der Waals surface area contributed by atoms with Crippen molar-refractivity contribution in [1.82, 2.24) is 4.90 Å². The van der Waals surface area contributed by atoms with Gasteiger partial charge < -0.3 is 4.74 Å². The highest BCUT2D eigenvalue weighted by Gasteiger charge is 2.20. The summed E-state index contributed by atoms with van der Waals surface area (Å²) >= 11 is 6.11. The van der Waals surface area contributed by atoms with Gasteiger partial charge >= 0.3 is 0 Å². The molecule has 3 nitrogen and oxygen atoms in total. The van der Waals surface area contributed by atoms with E-state index >= 15 is 0 Å². The number of hydrogen-bond donors (Lipinski definition) is 0. The molecule has 1 fully saturated rings. The van der Waals surface area contributed by atoms with Crippen LogP contribution >= 0.6 is 11.6 Å². The third-order valence-corrected chi connectivity index (χ3v) is 3.85. The Labute approximate surface area is 123 Å². The van der Waals surface area contributed by atoms with Gasteiger partial charge in [0.15, 0.2) is 0 Å². The SMILES string of the molecule is N#CCCN(Cc1cc(F)ccc1Cl)C[C@@H]1CCOC1. The van der Waals surface area contributed by atoms with Crippen molar-refractivity contribution in [3.63, 3.8) is 0 Å². The fourth-order valence-corrected chi connectivity index (χ4v) is 2.62. The van der Waals surface area contributed by atoms with Gasteiger partial charge in [0.05, 0.1) is 12.7 Å². The van der Waals surface area contributed by atoms with Crippen LogP contribution in [0.5, 0.6) is 0 Å². The number of ether oxygens (including phenoxy) is 1. The van der Waals surface area contributed by atoms with Gasteiger partial charge in [0.25, 0.3) is 0 Å². The smallest absolute Gasteiger partial charge is 0.123 e. The van der Waals surface area contributed by atoms with Crippen molar-refractivity contribution >= 4 is 11.6 Å². The van der Waals surface area contributed by atoms with Gasteiger partial charge in [-0.15, -0.1) is 0 Å². The topological polar surface area (TPSA) is 36.3 Å². The lowest BCUT2D eigenvalue weighted by Gasteiger charge is -2.24. The van der Waals surface area contributed by atoms with E-state index in [1.807, 2.05) is 0 Å². The summed E-state index contributed by atoms with van der Waals surface area (Å²) in [6.45, 7) is 3.65. The molecule has 5 heteroatoms. The molecular formula is C15H18ClFN2O. The van der Waals surface area contributed by atoms with Gasteiger partial charge in [0.2, 0.25) is 0 Å². The Balaban J connectivity index is 2.01. The van der Waals surface area contributed by atoms with Crippen LogP contribution < -0.4 is 0 Å². The average Bonchev–Trinajstić information content (AvgIpc) is 2.93. The van der Waals surface area contributed by atoms with Gasteiger partial charge in [0, 0.05) is 37.7 Å². The quantitative estimate of drug-likeness (QED) is 0.808. The maximum Gasteiger partial charge on any atom is 0.123 e. The molecule has 0 bridgehead atoms. The van der Waals surface area contributed by atoms with Gasteiger partial charge in [-0.25, -0.2) is 4.39 Å². The normalized spacial score (nSPS) is 18.4. The van der Waals surface area contributed by atoms with Crippen molar-refractivity contribution in [2.45, 2.75) is 19.4 Å². The molecule has 1 aliphatic rings. The first-order valence-electron chi connectivity index (χ1n) is 6.80. The van der Waals surface area contributed by atoms with Crippen LogP contribution in [0.1, 0.15) is 18.4 Å². The van der Waals surface area contributed by atoms with E-state index in [0.29, 0.717) is 30.5 Å². The fourth-order valence-electron chi connectivity index (χ4n) is 2.44. The largest absolute Gasteiger partial charge is 0.381 e. The zero-order valence-corrected chi connectivity index (χ0v) is 12.1. The molecule has 0 saturated carbocycles. The maximum absolute atomic E-state index is 13.3. The Hall–Kier alpha value is -1.15. The van der Waals surface area contributed by atoms with Crippen molar-refractivity contribution < 1.29 is 9.13 Å². The summed E-state index contributed by atoms with van der Waals surface area (Å²) in [7, 11) is 0. The number of nitriles is 1. The van der Waals surface area contributed by atoms with Gasteiger partial charge in [-0.3, -0.25) is 4.90 Å². The highest BCUT2D eigenvalue weighted by molar-refractivity contribution is 6.31. The second kappa shape index (κ2) is 7.58. The van der Waals surface area contributed by atoms with Gasteiger partial charge in [-0.2, -0.15) is 5.26 Å². The first kappa shape index (κ1) is 15.2. The van der Waals surface area contributed by atoms with E-state index in [9.17, 15) is 4.39 Å². The van der Waals surface area contributed by atoms with Crippen molar-refractivity contribution in [3.05, 3.63) is 34.6 Å². The van der Waals surface area contributed by atoms with Gasteiger partial charge in [-0.05, 0) is 36.1 Å². The Morgan fingerprint density at radius 3 is 3.05 bits per heavy atom. The van der Waals surface area contributed by atoms with Crippen LogP contribution in [0.2, 0.25) is 5.02 Å². The minimum atomic E-state index is -0.283. The van der Waals surface area contributed by atoms with E-state index in [2.05, 4.69) is 11.0 Å². The first-order valence-corrected chi connectivity index (χ1v) is 7.18. The maximum atomic E-state index is 13.3. The molecule has 1 atom stereocenters. The minimum Gasteiger partial charge on any atom is -0.381 e. The zero-order chi connectivity index (χ0) is 14.4. The second-order valence-corrected chi connectivity index (χ2v) is 5.52. The van der Waals surface area contributed by atoms with Crippen molar-refractivity contribution in [1.29, 1.82) is 5.26 Å². The molecular weight excluding hydrogens is 279 g/mol. The molecule has 1 aromatic carbocycles. The molecule has 20 heavy (non-hydrogen) atoms. The molecule has 0 aromatic heterocycles. The highest BCUT2D eigenvalue weighted by Crippen LogP contribution is 2.21. The molecule has 1 aromatic rings. The average molecular weight is 297 g/mol. The fraction of sp³-hybridized carbons (Fsp3) is 0.533. The molecule has 0 radical (unpaired) electrons. The van der Waals surface area contributed by atoms with E-state index in [0.717, 1.165) is 31.7 Å². The summed E-state index contributed by atoms with van der Waals surface area (Å²) in [4.78, 5) is 2.16. The number of hydrogen-bond acceptors (Lipinski definition) is 3. The van der Waals surface area contributed by atoms with E-state index < -0.39 is 0 Å². The van der Waals surface area contributed by atoms with Crippen molar-refractivity contribution in [2.75, 3.05) is 26.3 Å². The minimum absolute atomic E-state index is 0.283. The Morgan fingerprint density at radius 2 is 2.35 bits per heavy atom. The summed E-state index contributed by atoms with van der Waals surface area (Å²) in [6, 6.07) is 6.55. The number of halogens is 2. The summed E-state index contributed by atoms with van der Waals surface area (Å²) in [5.41, 5.74) is 0.767. The molecule has 0 amide bonds. The summed E-state index contributed by atoms with van der Waals surface area (Å²) < 4.78 is 18.7. The van der Waals surface area contributed by atoms with E-state index in [-0.39, 0.29) is 5.82 Å². The lowest BCUT2D eigenvalue weighted by molar-refractivity contribution is 0.165. The van der Waals surface area contributed by atoms with Crippen LogP contribution in [-0.4, -0.2) is 31.2 Å². The van der Waals surface area contributed by atoms with Crippen LogP contribution in [-0.2, 0) is 11.3 Å². The summed E-state index contributed by atoms with van der Waals surface area (Å²) in [6.07, 6.45) is 1.50. The third kappa shape index (κ3) is 4.45. The predicted octanol–water partition coefficient (Wildman–Crippen LogP) is 3.23. The van der Waals surface area contributed by atoms with Crippen LogP contribution in [0.4, 0.5) is 4.39 Å². The van der Waals surface area contributed by atoms with Crippen LogP contribution in [0, 0.1) is 23.1 Å². The Bertz CT molecular complexity index is 483. The number of nitrogens with zero attached hydrogens (tertiary/aromatic N) is 2. The molecule has 1 aliphatic heterocycles. The van der Waals surface area contributed by atoms with Crippen LogP contribution in [0.25, 0.3) is 0 Å². The predicted molar refractivity (Wildman–Crippen MR) is 75.8 cm³/mol. The molecule has 0 aliphatic carbocycles. The molecule has 2 rings (SSSR count). The number of rotatable bonds is 6. The number of benzene rings is 1. The zero-order valence-electron chi connectivity index (χ0n) is 11.3. The molecule has 1 saturated heterocycles. The van der Waals surface area contributed by atoms with E-state index in [1.165, 1.54) is 12.1 Å². The Kier molecular flexibility index (Phi) is 5.78. The molecule has 0 N–H and O–H groups in total. The van der Waals surface area contributed by atoms with Crippen LogP contribution in [0.3, 0.4) is 0 Å². The van der Waals surface area contributed by atoms with Crippen molar-refractivity contribution in [3.8, 4) is 6.07 Å². The highest BCUT2D eigenvalue weighted by atomic mass is 35.5. The second-order valence-electron chi connectivity index (χ2n) is 5.11. The molecule has 1 heterocycles. The lowest BCUT2D eigenvalue weighted by atomic mass is 10.1. The third-order valence-electron chi connectivity index (χ3n) is 3.48. The molecule has 108 valence electrons. The molecule has 0 spiro atoms. The standard InChI is InChI=1S/C15H18ClFN2O/c16-15-3-2-14(17)8-13(15)10-19(6-1-5-18)9-12-4-7-20-11-12/h2-3,8,12H,1,4,6-7,9-11H2/t12-/m0/s1. The summed E-state index contributed by atoms with van der Waals surface area (Å²) in [5, 5.41) is 9.32. The molecule has 0 unspecified atom stereocenters. The van der Waals surface area contributed by atoms with E-state index in [1.54, 1.807) is 6.07 Å². The first-order chi connectivity index (χ1) is 9.69. The van der Waals surface area contributed by atoms with Crippen LogP contribution in [0.15, 0.2) is 18.2 Å². The van der Waals surface area contributed by atoms with Gasteiger partial charge in [-0.1, -0.05) is 11.6 Å². The lowest BCUT2D eigenvalue weighted by Crippen LogP contribution is -2.30. The van der Waals surface area contributed by atoms with Crippen molar-refractivity contribution in [2.24, 2.45) is 5.92 Å². The van der Waals surface area contributed by atoms with Gasteiger partial charge in [0.1, 0.15) is 5.82 Å². The monoisotopic (exact) mass is 296 g/mol. The summed E-state index contributed by atoms with van der Waals surface area (Å²) in [5.74, 6) is 0.204. The van der Waals surface area contributed by atoms with E-state index in [4.69, 9.17) is 21.6 Å².